The molecule has 0 saturated carbocycles. The summed E-state index contributed by atoms with van der Waals surface area (Å²) < 4.78 is 10.6. The first-order chi connectivity index (χ1) is 11.5. The predicted molar refractivity (Wildman–Crippen MR) is 91.3 cm³/mol. The van der Waals surface area contributed by atoms with Crippen molar-refractivity contribution in [1.29, 1.82) is 0 Å². The lowest BCUT2D eigenvalue weighted by atomic mass is 9.86. The molecule has 0 bridgehead atoms. The highest BCUT2D eigenvalue weighted by atomic mass is 16.5. The molecule has 2 rings (SSSR count). The zero-order valence-electron chi connectivity index (χ0n) is 14.8. The maximum atomic E-state index is 13.0. The van der Waals surface area contributed by atoms with E-state index in [1.54, 1.807) is 19.1 Å². The standard InChI is InChI=1S/C18H26N2O4/c1-13(2)17(14-5-6-15(23-3)16(11-14)24-4)18(22)20-9-7-19(12-21)8-10-20/h5-6,11-13,17H,7-10H2,1-4H3. The van der Waals surface area contributed by atoms with Gasteiger partial charge in [0, 0.05) is 26.2 Å². The van der Waals surface area contributed by atoms with Gasteiger partial charge in [-0.25, -0.2) is 0 Å². The number of rotatable bonds is 6. The Morgan fingerprint density at radius 1 is 1.08 bits per heavy atom. The van der Waals surface area contributed by atoms with Gasteiger partial charge in [0.2, 0.25) is 12.3 Å². The summed E-state index contributed by atoms with van der Waals surface area (Å²) in [6.45, 7) is 6.42. The van der Waals surface area contributed by atoms with Crippen LogP contribution in [-0.4, -0.2) is 62.5 Å². The van der Waals surface area contributed by atoms with E-state index in [0.717, 1.165) is 12.0 Å². The number of ether oxygens (including phenoxy) is 2. The molecule has 0 N–H and O–H groups in total. The number of hydrogen-bond acceptors (Lipinski definition) is 4. The fourth-order valence-electron chi connectivity index (χ4n) is 3.10. The zero-order chi connectivity index (χ0) is 17.7. The maximum absolute atomic E-state index is 13.0. The SMILES string of the molecule is COc1ccc(C(C(=O)N2CCN(C=O)CC2)C(C)C)cc1OC. The van der Waals surface area contributed by atoms with Gasteiger partial charge < -0.3 is 19.3 Å². The number of carbonyl (C=O) groups excluding carboxylic acids is 2. The van der Waals surface area contributed by atoms with E-state index in [-0.39, 0.29) is 17.7 Å². The molecule has 2 amide bonds. The van der Waals surface area contributed by atoms with E-state index in [4.69, 9.17) is 9.47 Å². The minimum absolute atomic E-state index is 0.0998. The van der Waals surface area contributed by atoms with Crippen LogP contribution < -0.4 is 9.47 Å². The molecule has 1 aromatic carbocycles. The monoisotopic (exact) mass is 334 g/mol. The number of amides is 2. The van der Waals surface area contributed by atoms with Crippen molar-refractivity contribution < 1.29 is 19.1 Å². The molecule has 1 unspecified atom stereocenters. The molecule has 6 nitrogen and oxygen atoms in total. The molecule has 0 aliphatic carbocycles. The minimum atomic E-state index is -0.243. The highest BCUT2D eigenvalue weighted by molar-refractivity contribution is 5.84. The van der Waals surface area contributed by atoms with E-state index < -0.39 is 0 Å². The summed E-state index contributed by atoms with van der Waals surface area (Å²) in [4.78, 5) is 27.4. The minimum Gasteiger partial charge on any atom is -0.493 e. The van der Waals surface area contributed by atoms with Gasteiger partial charge >= 0.3 is 0 Å². The Kier molecular flexibility index (Phi) is 6.06. The van der Waals surface area contributed by atoms with E-state index >= 15 is 0 Å². The summed E-state index contributed by atoms with van der Waals surface area (Å²) in [7, 11) is 3.18. The Hall–Kier alpha value is -2.24. The number of hydrogen-bond donors (Lipinski definition) is 0. The Bertz CT molecular complexity index is 580. The Morgan fingerprint density at radius 3 is 2.21 bits per heavy atom. The number of methoxy groups -OCH3 is 2. The second kappa shape index (κ2) is 8.04. The predicted octanol–water partition coefficient (Wildman–Crippen LogP) is 1.74. The van der Waals surface area contributed by atoms with E-state index in [9.17, 15) is 9.59 Å². The lowest BCUT2D eigenvalue weighted by molar-refractivity contribution is -0.137. The molecule has 1 saturated heterocycles. The topological polar surface area (TPSA) is 59.1 Å². The summed E-state index contributed by atoms with van der Waals surface area (Å²) in [5, 5.41) is 0. The number of nitrogens with zero attached hydrogens (tertiary/aromatic N) is 2. The molecule has 132 valence electrons. The van der Waals surface area contributed by atoms with Gasteiger partial charge in [-0.3, -0.25) is 9.59 Å². The molecule has 1 aliphatic rings. The molecular weight excluding hydrogens is 308 g/mol. The van der Waals surface area contributed by atoms with Gasteiger partial charge in [-0.2, -0.15) is 0 Å². The molecule has 1 fully saturated rings. The molecule has 1 aliphatic heterocycles. The van der Waals surface area contributed by atoms with Gasteiger partial charge in [-0.15, -0.1) is 0 Å². The molecule has 1 atom stereocenters. The third kappa shape index (κ3) is 3.80. The first kappa shape index (κ1) is 18.1. The molecular formula is C18H26N2O4. The maximum Gasteiger partial charge on any atom is 0.230 e. The summed E-state index contributed by atoms with van der Waals surface area (Å²) in [5.41, 5.74) is 0.922. The highest BCUT2D eigenvalue weighted by Crippen LogP contribution is 2.34. The van der Waals surface area contributed by atoms with Crippen LogP contribution in [-0.2, 0) is 9.59 Å². The van der Waals surface area contributed by atoms with Crippen molar-refractivity contribution in [2.75, 3.05) is 40.4 Å². The van der Waals surface area contributed by atoms with Crippen LogP contribution in [0.4, 0.5) is 0 Å². The van der Waals surface area contributed by atoms with Gasteiger partial charge in [0.15, 0.2) is 11.5 Å². The second-order valence-corrected chi connectivity index (χ2v) is 6.30. The largest absolute Gasteiger partial charge is 0.493 e. The molecule has 0 aromatic heterocycles. The average Bonchev–Trinajstić information content (AvgIpc) is 2.61. The van der Waals surface area contributed by atoms with Crippen LogP contribution in [0.15, 0.2) is 18.2 Å². The number of carbonyl (C=O) groups is 2. The van der Waals surface area contributed by atoms with Gasteiger partial charge in [-0.05, 0) is 23.6 Å². The van der Waals surface area contributed by atoms with E-state index in [0.29, 0.717) is 37.7 Å². The van der Waals surface area contributed by atoms with Gasteiger partial charge in [-0.1, -0.05) is 19.9 Å². The van der Waals surface area contributed by atoms with E-state index in [2.05, 4.69) is 0 Å². The molecule has 1 heterocycles. The van der Waals surface area contributed by atoms with Crippen molar-refractivity contribution in [2.45, 2.75) is 19.8 Å². The fraction of sp³-hybridized carbons (Fsp3) is 0.556. The lowest BCUT2D eigenvalue weighted by Gasteiger charge is -2.35. The fourth-order valence-corrected chi connectivity index (χ4v) is 3.10. The molecule has 24 heavy (non-hydrogen) atoms. The molecule has 0 spiro atoms. The van der Waals surface area contributed by atoms with Crippen LogP contribution in [0, 0.1) is 5.92 Å². The summed E-state index contributed by atoms with van der Waals surface area (Å²) >= 11 is 0. The van der Waals surface area contributed by atoms with E-state index in [1.807, 2.05) is 36.9 Å². The van der Waals surface area contributed by atoms with Crippen LogP contribution >= 0.6 is 0 Å². The molecule has 6 heteroatoms. The Labute approximate surface area is 143 Å². The smallest absolute Gasteiger partial charge is 0.230 e. The third-order valence-corrected chi connectivity index (χ3v) is 4.47. The van der Waals surface area contributed by atoms with Crippen molar-refractivity contribution in [2.24, 2.45) is 5.92 Å². The van der Waals surface area contributed by atoms with Gasteiger partial charge in [0.05, 0.1) is 20.1 Å². The van der Waals surface area contributed by atoms with Crippen molar-refractivity contribution in [3.05, 3.63) is 23.8 Å². The summed E-state index contributed by atoms with van der Waals surface area (Å²) in [6.07, 6.45) is 0.843. The number of piperazine rings is 1. The van der Waals surface area contributed by atoms with Gasteiger partial charge in [0.25, 0.3) is 0 Å². The first-order valence-corrected chi connectivity index (χ1v) is 8.21. The van der Waals surface area contributed by atoms with Crippen LogP contribution in [0.2, 0.25) is 0 Å². The van der Waals surface area contributed by atoms with Crippen molar-refractivity contribution in [3.8, 4) is 11.5 Å². The molecule has 1 aromatic rings. The molecule has 0 radical (unpaired) electrons. The second-order valence-electron chi connectivity index (χ2n) is 6.30. The lowest BCUT2D eigenvalue weighted by Crippen LogP contribution is -2.50. The first-order valence-electron chi connectivity index (χ1n) is 8.21. The van der Waals surface area contributed by atoms with Crippen LogP contribution in [0.3, 0.4) is 0 Å². The van der Waals surface area contributed by atoms with Crippen LogP contribution in [0.1, 0.15) is 25.3 Å². The zero-order valence-corrected chi connectivity index (χ0v) is 14.8. The average molecular weight is 334 g/mol. The van der Waals surface area contributed by atoms with Crippen LogP contribution in [0.5, 0.6) is 11.5 Å². The van der Waals surface area contributed by atoms with Crippen molar-refractivity contribution in [3.63, 3.8) is 0 Å². The summed E-state index contributed by atoms with van der Waals surface area (Å²) in [6, 6.07) is 5.63. The van der Waals surface area contributed by atoms with Crippen molar-refractivity contribution in [1.82, 2.24) is 9.80 Å². The Balaban J connectivity index is 2.23. The summed E-state index contributed by atoms with van der Waals surface area (Å²) in [5.74, 6) is 1.28. The van der Waals surface area contributed by atoms with Crippen LogP contribution in [0.25, 0.3) is 0 Å². The third-order valence-electron chi connectivity index (χ3n) is 4.47. The van der Waals surface area contributed by atoms with Gasteiger partial charge in [0.1, 0.15) is 0 Å². The van der Waals surface area contributed by atoms with E-state index in [1.165, 1.54) is 0 Å². The highest BCUT2D eigenvalue weighted by Gasteiger charge is 2.31. The number of benzene rings is 1. The quantitative estimate of drug-likeness (QED) is 0.744. The normalized spacial score (nSPS) is 16.0. The van der Waals surface area contributed by atoms with Crippen molar-refractivity contribution >= 4 is 12.3 Å². The Morgan fingerprint density at radius 2 is 1.71 bits per heavy atom.